The first-order valence-electron chi connectivity index (χ1n) is 9.93. The minimum Gasteiger partial charge on any atom is -0.396 e. The van der Waals surface area contributed by atoms with E-state index in [9.17, 15) is 9.59 Å². The zero-order valence-corrected chi connectivity index (χ0v) is 18.3. The van der Waals surface area contributed by atoms with Gasteiger partial charge in [0.2, 0.25) is 5.91 Å². The topological polar surface area (TPSA) is 84.2 Å². The predicted molar refractivity (Wildman–Crippen MR) is 122 cm³/mol. The zero-order valence-electron chi connectivity index (χ0n) is 17.5. The van der Waals surface area contributed by atoms with E-state index < -0.39 is 0 Å². The zero-order chi connectivity index (χ0) is 21.7. The van der Waals surface area contributed by atoms with E-state index in [0.29, 0.717) is 29.0 Å². The number of nitrogens with one attached hydrogen (secondary N) is 1. The Hall–Kier alpha value is -2.64. The monoisotopic (exact) mass is 425 g/mol. The molecule has 0 bridgehead atoms. The molecule has 158 valence electrons. The number of aliphatic hydroxyl groups is 1. The number of para-hydroxylation sites is 1. The van der Waals surface area contributed by atoms with E-state index >= 15 is 0 Å². The summed E-state index contributed by atoms with van der Waals surface area (Å²) < 4.78 is 1.54. The van der Waals surface area contributed by atoms with Gasteiger partial charge in [0.1, 0.15) is 0 Å². The summed E-state index contributed by atoms with van der Waals surface area (Å²) in [5.74, 6) is -0.0371. The standard InChI is InChI=1S/C23H27N3O3S/c1-23(2,3)16-9-11-17(12-10-16)24-20(28)15-30-22-25-19-8-5-4-7-18(19)21(29)26(22)13-6-14-27/h4-5,7-12,27H,6,13-15H2,1-3H3,(H,24,28). The van der Waals surface area contributed by atoms with Crippen molar-refractivity contribution in [2.75, 3.05) is 17.7 Å². The average molecular weight is 426 g/mol. The molecule has 1 amide bonds. The average Bonchev–Trinajstić information content (AvgIpc) is 2.71. The Kier molecular flexibility index (Phi) is 6.95. The van der Waals surface area contributed by atoms with Crippen LogP contribution in [0.3, 0.4) is 0 Å². The summed E-state index contributed by atoms with van der Waals surface area (Å²) in [5.41, 5.74) is 2.43. The van der Waals surface area contributed by atoms with Gasteiger partial charge in [-0.3, -0.25) is 14.2 Å². The van der Waals surface area contributed by atoms with Crippen molar-refractivity contribution in [1.29, 1.82) is 0 Å². The van der Waals surface area contributed by atoms with Crippen molar-refractivity contribution >= 4 is 34.3 Å². The first kappa shape index (κ1) is 22.1. The van der Waals surface area contributed by atoms with Crippen LogP contribution < -0.4 is 10.9 Å². The van der Waals surface area contributed by atoms with Crippen LogP contribution in [0.1, 0.15) is 32.8 Å². The Morgan fingerprint density at radius 1 is 1.13 bits per heavy atom. The summed E-state index contributed by atoms with van der Waals surface area (Å²) in [7, 11) is 0. The number of hydrogen-bond acceptors (Lipinski definition) is 5. The molecule has 0 radical (unpaired) electrons. The minimum atomic E-state index is -0.167. The van der Waals surface area contributed by atoms with Crippen molar-refractivity contribution in [3.8, 4) is 0 Å². The van der Waals surface area contributed by atoms with Crippen LogP contribution >= 0.6 is 11.8 Å². The Morgan fingerprint density at radius 2 is 1.83 bits per heavy atom. The molecule has 0 aliphatic rings. The highest BCUT2D eigenvalue weighted by Gasteiger charge is 2.15. The third-order valence-electron chi connectivity index (χ3n) is 4.73. The highest BCUT2D eigenvalue weighted by molar-refractivity contribution is 7.99. The largest absolute Gasteiger partial charge is 0.396 e. The fourth-order valence-corrected chi connectivity index (χ4v) is 3.89. The Balaban J connectivity index is 1.74. The van der Waals surface area contributed by atoms with Crippen LogP contribution in [-0.4, -0.2) is 32.9 Å². The summed E-state index contributed by atoms with van der Waals surface area (Å²) >= 11 is 1.22. The molecule has 3 aromatic rings. The van der Waals surface area contributed by atoms with Gasteiger partial charge in [0, 0.05) is 18.8 Å². The molecule has 0 spiro atoms. The van der Waals surface area contributed by atoms with Crippen molar-refractivity contribution < 1.29 is 9.90 Å². The van der Waals surface area contributed by atoms with Crippen molar-refractivity contribution in [1.82, 2.24) is 9.55 Å². The van der Waals surface area contributed by atoms with Gasteiger partial charge in [-0.05, 0) is 41.7 Å². The fourth-order valence-electron chi connectivity index (χ4n) is 3.06. The lowest BCUT2D eigenvalue weighted by molar-refractivity contribution is -0.113. The number of aliphatic hydroxyl groups excluding tert-OH is 1. The molecule has 30 heavy (non-hydrogen) atoms. The van der Waals surface area contributed by atoms with E-state index in [1.54, 1.807) is 18.2 Å². The third-order valence-corrected chi connectivity index (χ3v) is 5.71. The summed E-state index contributed by atoms with van der Waals surface area (Å²) in [6.07, 6.45) is 0.444. The Labute approximate surface area is 180 Å². The number of aromatic nitrogens is 2. The van der Waals surface area contributed by atoms with Gasteiger partial charge < -0.3 is 10.4 Å². The third kappa shape index (κ3) is 5.29. The van der Waals surface area contributed by atoms with E-state index in [1.807, 2.05) is 30.3 Å². The molecule has 0 saturated heterocycles. The fraction of sp³-hybridized carbons (Fsp3) is 0.348. The normalized spacial score (nSPS) is 11.6. The lowest BCUT2D eigenvalue weighted by Gasteiger charge is -2.19. The van der Waals surface area contributed by atoms with E-state index in [4.69, 9.17) is 5.11 Å². The van der Waals surface area contributed by atoms with E-state index in [2.05, 4.69) is 31.1 Å². The number of hydrogen-bond donors (Lipinski definition) is 2. The molecule has 0 aliphatic carbocycles. The maximum Gasteiger partial charge on any atom is 0.262 e. The summed E-state index contributed by atoms with van der Waals surface area (Å²) in [6, 6.07) is 15.0. The number of amides is 1. The summed E-state index contributed by atoms with van der Waals surface area (Å²) in [6.45, 7) is 6.76. The number of thioether (sulfide) groups is 1. The molecule has 2 aromatic carbocycles. The van der Waals surface area contributed by atoms with Gasteiger partial charge in [-0.15, -0.1) is 0 Å². The second-order valence-corrected chi connectivity index (χ2v) is 9.05. The maximum atomic E-state index is 12.8. The highest BCUT2D eigenvalue weighted by atomic mass is 32.2. The van der Waals surface area contributed by atoms with Crippen LogP contribution in [-0.2, 0) is 16.8 Å². The van der Waals surface area contributed by atoms with Gasteiger partial charge in [-0.1, -0.05) is 56.8 Å². The summed E-state index contributed by atoms with van der Waals surface area (Å²) in [4.78, 5) is 29.9. The van der Waals surface area contributed by atoms with Gasteiger partial charge in [0.05, 0.1) is 16.7 Å². The van der Waals surface area contributed by atoms with Gasteiger partial charge in [-0.2, -0.15) is 0 Å². The SMILES string of the molecule is CC(C)(C)c1ccc(NC(=O)CSc2nc3ccccc3c(=O)n2CCCO)cc1. The lowest BCUT2D eigenvalue weighted by Crippen LogP contribution is -2.24. The molecule has 3 rings (SSSR count). The first-order chi connectivity index (χ1) is 14.3. The van der Waals surface area contributed by atoms with E-state index in [-0.39, 0.29) is 29.2 Å². The second-order valence-electron chi connectivity index (χ2n) is 8.11. The van der Waals surface area contributed by atoms with E-state index in [0.717, 1.165) is 5.69 Å². The first-order valence-corrected chi connectivity index (χ1v) is 10.9. The molecule has 1 heterocycles. The molecule has 2 N–H and O–H groups in total. The number of carbonyl (C=O) groups excluding carboxylic acids is 1. The Bertz CT molecular complexity index is 1090. The van der Waals surface area contributed by atoms with Crippen molar-refractivity contribution in [3.63, 3.8) is 0 Å². The molecule has 0 atom stereocenters. The molecule has 0 fully saturated rings. The molecule has 1 aromatic heterocycles. The number of fused-ring (bicyclic) bond motifs is 1. The number of benzene rings is 2. The predicted octanol–water partition coefficient (Wildman–Crippen LogP) is 3.81. The molecular formula is C23H27N3O3S. The van der Waals surface area contributed by atoms with Crippen LogP contribution in [0.15, 0.2) is 58.5 Å². The van der Waals surface area contributed by atoms with Crippen molar-refractivity contribution in [2.24, 2.45) is 0 Å². The van der Waals surface area contributed by atoms with Crippen molar-refractivity contribution in [3.05, 3.63) is 64.4 Å². The number of rotatable bonds is 7. The number of nitrogens with zero attached hydrogens (tertiary/aromatic N) is 2. The number of anilines is 1. The Morgan fingerprint density at radius 3 is 2.50 bits per heavy atom. The maximum absolute atomic E-state index is 12.8. The van der Waals surface area contributed by atoms with Crippen LogP contribution in [0.5, 0.6) is 0 Å². The van der Waals surface area contributed by atoms with Crippen LogP contribution in [0, 0.1) is 0 Å². The molecule has 0 aliphatic heterocycles. The minimum absolute atomic E-state index is 0.0194. The lowest BCUT2D eigenvalue weighted by atomic mass is 9.87. The van der Waals surface area contributed by atoms with Gasteiger partial charge >= 0.3 is 0 Å². The smallest absolute Gasteiger partial charge is 0.262 e. The molecule has 0 unspecified atom stereocenters. The van der Waals surface area contributed by atoms with Crippen LogP contribution in [0.2, 0.25) is 0 Å². The summed E-state index contributed by atoms with van der Waals surface area (Å²) in [5, 5.41) is 13.1. The van der Waals surface area contributed by atoms with Gasteiger partial charge in [0.25, 0.3) is 5.56 Å². The van der Waals surface area contributed by atoms with Gasteiger partial charge in [-0.25, -0.2) is 4.98 Å². The second kappa shape index (κ2) is 9.45. The number of carbonyl (C=O) groups is 1. The molecule has 0 saturated carbocycles. The quantitative estimate of drug-likeness (QED) is 0.444. The van der Waals surface area contributed by atoms with E-state index in [1.165, 1.54) is 21.9 Å². The van der Waals surface area contributed by atoms with Gasteiger partial charge in [0.15, 0.2) is 5.16 Å². The van der Waals surface area contributed by atoms with Crippen LogP contribution in [0.25, 0.3) is 10.9 Å². The molecule has 6 nitrogen and oxygen atoms in total. The van der Waals surface area contributed by atoms with Crippen LogP contribution in [0.4, 0.5) is 5.69 Å². The molecule has 7 heteroatoms. The highest BCUT2D eigenvalue weighted by Crippen LogP contribution is 2.24. The molecular weight excluding hydrogens is 398 g/mol. The van der Waals surface area contributed by atoms with Crippen molar-refractivity contribution in [2.45, 2.75) is 44.3 Å².